The molecule has 1 aliphatic heterocycles. The first-order valence-corrected chi connectivity index (χ1v) is 12.8. The van der Waals surface area contributed by atoms with Crippen LogP contribution >= 0.6 is 0 Å². The molecule has 0 radical (unpaired) electrons. The van der Waals surface area contributed by atoms with Crippen LogP contribution in [-0.2, 0) is 27.4 Å². The van der Waals surface area contributed by atoms with E-state index in [1.54, 1.807) is 0 Å². The maximum absolute atomic E-state index is 12.6. The fraction of sp³-hybridized carbons (Fsp3) is 0.552. The molecule has 1 aliphatic carbocycles. The number of ketones is 1. The lowest BCUT2D eigenvalue weighted by molar-refractivity contribution is -0.190. The third-order valence-electron chi connectivity index (χ3n) is 5.56. The number of carbonyl (C=O) groups is 1. The summed E-state index contributed by atoms with van der Waals surface area (Å²) in [6.45, 7) is 15.7. The van der Waals surface area contributed by atoms with E-state index in [0.29, 0.717) is 38.3 Å². The van der Waals surface area contributed by atoms with Crippen LogP contribution in [0.1, 0.15) is 71.9 Å². The van der Waals surface area contributed by atoms with E-state index in [4.69, 9.17) is 9.47 Å². The highest BCUT2D eigenvalue weighted by Gasteiger charge is 2.44. The Labute approximate surface area is 202 Å². The predicted octanol–water partition coefficient (Wildman–Crippen LogP) is 6.88. The summed E-state index contributed by atoms with van der Waals surface area (Å²) in [7, 11) is 0. The minimum Gasteiger partial charge on any atom is -0.347 e. The van der Waals surface area contributed by atoms with Crippen molar-refractivity contribution >= 4 is 5.78 Å². The summed E-state index contributed by atoms with van der Waals surface area (Å²) < 4.78 is 11.8. The van der Waals surface area contributed by atoms with Crippen LogP contribution in [0.2, 0.25) is 0 Å². The van der Waals surface area contributed by atoms with E-state index >= 15 is 0 Å². The minimum atomic E-state index is -0.524. The van der Waals surface area contributed by atoms with E-state index in [1.807, 2.05) is 53.7 Å². The Morgan fingerprint density at radius 3 is 1.70 bits per heavy atom. The third-order valence-corrected chi connectivity index (χ3v) is 5.56. The summed E-state index contributed by atoms with van der Waals surface area (Å²) in [5.41, 5.74) is 2.53. The second kappa shape index (κ2) is 16.6. The molecule has 1 heterocycles. The largest absolute Gasteiger partial charge is 0.347 e. The van der Waals surface area contributed by atoms with Crippen molar-refractivity contribution in [3.63, 3.8) is 0 Å². The molecule has 33 heavy (non-hydrogen) atoms. The summed E-state index contributed by atoms with van der Waals surface area (Å²) >= 11 is 0. The first-order valence-electron chi connectivity index (χ1n) is 12.8. The van der Waals surface area contributed by atoms with Crippen LogP contribution < -0.4 is 0 Å². The molecule has 184 valence electrons. The Kier molecular flexibility index (Phi) is 14.6. The Morgan fingerprint density at radius 1 is 0.788 bits per heavy atom. The van der Waals surface area contributed by atoms with Gasteiger partial charge in [0, 0.05) is 44.8 Å². The molecule has 4 heteroatoms. The number of rotatable bonds is 6. The summed E-state index contributed by atoms with van der Waals surface area (Å²) in [6, 6.07) is 20.9. The van der Waals surface area contributed by atoms with Crippen LogP contribution in [0.4, 0.5) is 0 Å². The predicted molar refractivity (Wildman–Crippen MR) is 138 cm³/mol. The topological polar surface area (TPSA) is 38.8 Å². The molecule has 2 aromatic rings. The monoisotopic (exact) mass is 455 g/mol. The molecular formula is C29H45NO3. The lowest BCUT2D eigenvalue weighted by atomic mass is 9.83. The van der Waals surface area contributed by atoms with Gasteiger partial charge in [-0.3, -0.25) is 9.69 Å². The Bertz CT molecular complexity index is 700. The van der Waals surface area contributed by atoms with Crippen molar-refractivity contribution in [1.82, 2.24) is 4.90 Å². The zero-order valence-corrected chi connectivity index (χ0v) is 21.7. The molecule has 1 saturated heterocycles. The van der Waals surface area contributed by atoms with Crippen molar-refractivity contribution in [1.29, 1.82) is 0 Å². The van der Waals surface area contributed by atoms with Gasteiger partial charge in [0.15, 0.2) is 5.79 Å². The number of ether oxygens (including phenoxy) is 2. The Hall–Kier alpha value is -2.01. The molecule has 0 aromatic heterocycles. The summed E-state index contributed by atoms with van der Waals surface area (Å²) in [5.74, 6) is -0.223. The number of benzene rings is 2. The van der Waals surface area contributed by atoms with Crippen LogP contribution in [0.5, 0.6) is 0 Å². The summed E-state index contributed by atoms with van der Waals surface area (Å²) in [4.78, 5) is 15.0. The third kappa shape index (κ3) is 9.40. The second-order valence-corrected chi connectivity index (χ2v) is 7.62. The van der Waals surface area contributed by atoms with Crippen LogP contribution in [0.25, 0.3) is 0 Å². The van der Waals surface area contributed by atoms with Crippen LogP contribution in [-0.4, -0.2) is 36.2 Å². The van der Waals surface area contributed by atoms with Gasteiger partial charge in [-0.1, -0.05) is 102 Å². The molecule has 1 saturated carbocycles. The zero-order valence-electron chi connectivity index (χ0n) is 21.7. The lowest BCUT2D eigenvalue weighted by Gasteiger charge is -2.37. The molecule has 4 nitrogen and oxygen atoms in total. The van der Waals surface area contributed by atoms with Crippen LogP contribution in [0.15, 0.2) is 60.7 Å². The summed E-state index contributed by atoms with van der Waals surface area (Å²) in [5, 5.41) is 0. The zero-order chi connectivity index (χ0) is 24.5. The second-order valence-electron chi connectivity index (χ2n) is 7.62. The molecular weight excluding hydrogens is 410 g/mol. The van der Waals surface area contributed by atoms with Gasteiger partial charge in [0.25, 0.3) is 0 Å². The maximum atomic E-state index is 12.6. The average molecular weight is 456 g/mol. The van der Waals surface area contributed by atoms with Gasteiger partial charge in [0.05, 0.1) is 13.2 Å². The van der Waals surface area contributed by atoms with E-state index < -0.39 is 5.79 Å². The van der Waals surface area contributed by atoms with Gasteiger partial charge in [-0.25, -0.2) is 0 Å². The normalized spacial score (nSPS) is 18.4. The van der Waals surface area contributed by atoms with E-state index in [0.717, 1.165) is 19.6 Å². The van der Waals surface area contributed by atoms with Crippen molar-refractivity contribution in [2.45, 2.75) is 79.7 Å². The molecule has 1 atom stereocenters. The molecule has 4 rings (SSSR count). The van der Waals surface area contributed by atoms with Gasteiger partial charge in [-0.15, -0.1) is 0 Å². The highest BCUT2D eigenvalue weighted by Crippen LogP contribution is 2.37. The highest BCUT2D eigenvalue weighted by atomic mass is 16.7. The van der Waals surface area contributed by atoms with E-state index in [1.165, 1.54) is 11.1 Å². The van der Waals surface area contributed by atoms with Crippen molar-refractivity contribution in [3.8, 4) is 0 Å². The van der Waals surface area contributed by atoms with Gasteiger partial charge >= 0.3 is 0 Å². The quantitative estimate of drug-likeness (QED) is 0.476. The molecule has 2 fully saturated rings. The smallest absolute Gasteiger partial charge is 0.169 e. The Morgan fingerprint density at radius 2 is 1.24 bits per heavy atom. The van der Waals surface area contributed by atoms with E-state index in [2.05, 4.69) is 53.4 Å². The first-order chi connectivity index (χ1) is 16.2. The maximum Gasteiger partial charge on any atom is 0.169 e. The van der Waals surface area contributed by atoms with Crippen molar-refractivity contribution in [2.24, 2.45) is 5.92 Å². The number of carbonyl (C=O) groups excluding carboxylic acids is 1. The number of Topliss-reactive ketones (excluding diaryl/α,β-unsaturated/α-hetero) is 1. The lowest BCUT2D eigenvalue weighted by Crippen LogP contribution is -2.44. The fourth-order valence-corrected chi connectivity index (χ4v) is 4.21. The molecule has 2 aromatic carbocycles. The van der Waals surface area contributed by atoms with Gasteiger partial charge in [0.1, 0.15) is 5.78 Å². The first kappa shape index (κ1) is 29.0. The SMILES string of the molecule is CC.CC.CC.O=C1CCC2(CC1CN(Cc1ccccc1)Cc1ccccc1)OCCO2. The highest BCUT2D eigenvalue weighted by molar-refractivity contribution is 5.82. The van der Waals surface area contributed by atoms with Crippen LogP contribution in [0.3, 0.4) is 0 Å². The van der Waals surface area contributed by atoms with Gasteiger partial charge in [-0.05, 0) is 11.1 Å². The van der Waals surface area contributed by atoms with E-state index in [-0.39, 0.29) is 5.92 Å². The molecule has 0 amide bonds. The standard InChI is InChI=1S/C23H27NO3.3C2H6/c25-22-11-12-23(26-13-14-27-23)15-21(22)18-24(16-19-7-3-1-4-8-19)17-20-9-5-2-6-10-20;3*1-2/h1-10,21H,11-18H2;3*1-2H3. The average Bonchev–Trinajstić information content (AvgIpc) is 3.34. The molecule has 1 unspecified atom stereocenters. The molecule has 2 aliphatic rings. The van der Waals surface area contributed by atoms with Crippen molar-refractivity contribution in [2.75, 3.05) is 19.8 Å². The number of hydrogen-bond donors (Lipinski definition) is 0. The van der Waals surface area contributed by atoms with Gasteiger partial charge in [-0.2, -0.15) is 0 Å². The van der Waals surface area contributed by atoms with Crippen LogP contribution in [0, 0.1) is 5.92 Å². The Balaban J connectivity index is 0.000000841. The van der Waals surface area contributed by atoms with Crippen molar-refractivity contribution in [3.05, 3.63) is 71.8 Å². The van der Waals surface area contributed by atoms with Gasteiger partial charge < -0.3 is 9.47 Å². The van der Waals surface area contributed by atoms with Crippen molar-refractivity contribution < 1.29 is 14.3 Å². The molecule has 0 bridgehead atoms. The minimum absolute atomic E-state index is 0.0377. The van der Waals surface area contributed by atoms with Gasteiger partial charge in [0.2, 0.25) is 0 Å². The fourth-order valence-electron chi connectivity index (χ4n) is 4.21. The molecule has 0 N–H and O–H groups in total. The number of hydrogen-bond acceptors (Lipinski definition) is 4. The van der Waals surface area contributed by atoms with E-state index in [9.17, 15) is 4.79 Å². The summed E-state index contributed by atoms with van der Waals surface area (Å²) in [6.07, 6.45) is 1.92. The molecule has 1 spiro atoms. The number of nitrogens with zero attached hydrogens (tertiary/aromatic N) is 1.